The molecule has 8 heteroatoms. The maximum Gasteiger partial charge on any atom is 0.341 e. The van der Waals surface area contributed by atoms with Gasteiger partial charge in [-0.3, -0.25) is 9.47 Å². The van der Waals surface area contributed by atoms with E-state index in [9.17, 15) is 14.7 Å². The molecule has 27 heavy (non-hydrogen) atoms. The fraction of sp³-hybridized carbons (Fsp3) is 0.474. The summed E-state index contributed by atoms with van der Waals surface area (Å²) in [4.78, 5) is 28.3. The lowest BCUT2D eigenvalue weighted by molar-refractivity contribution is 0.0695. The van der Waals surface area contributed by atoms with E-state index in [0.29, 0.717) is 11.2 Å². The molecule has 0 radical (unpaired) electrons. The van der Waals surface area contributed by atoms with Crippen molar-refractivity contribution in [1.82, 2.24) is 9.58 Å². The van der Waals surface area contributed by atoms with Crippen LogP contribution in [0.4, 0.5) is 10.1 Å². The second-order valence-corrected chi connectivity index (χ2v) is 7.46. The minimum Gasteiger partial charge on any atom is -0.477 e. The van der Waals surface area contributed by atoms with Crippen molar-refractivity contribution in [3.05, 3.63) is 39.9 Å². The summed E-state index contributed by atoms with van der Waals surface area (Å²) in [5.41, 5.74) is 2.76. The number of piperidine rings is 1. The molecule has 2 aromatic rings. The quantitative estimate of drug-likeness (QED) is 0.851. The van der Waals surface area contributed by atoms with E-state index in [1.165, 1.54) is 16.9 Å². The average molecular weight is 374 g/mol. The first kappa shape index (κ1) is 17.8. The predicted molar refractivity (Wildman–Crippen MR) is 102 cm³/mol. The molecule has 0 aliphatic carbocycles. The van der Waals surface area contributed by atoms with Crippen LogP contribution in [-0.2, 0) is 0 Å². The molecule has 0 spiro atoms. The van der Waals surface area contributed by atoms with Crippen LogP contribution in [-0.4, -0.2) is 59.9 Å². The Bertz CT molecular complexity index is 960. The van der Waals surface area contributed by atoms with E-state index in [4.69, 9.17) is 0 Å². The number of aromatic nitrogens is 1. The molecule has 2 unspecified atom stereocenters. The topological polar surface area (TPSA) is 77.8 Å². The molecule has 2 N–H and O–H groups in total. The summed E-state index contributed by atoms with van der Waals surface area (Å²) in [7, 11) is 3.72. The summed E-state index contributed by atoms with van der Waals surface area (Å²) in [5.74, 6) is -1.81. The Morgan fingerprint density at radius 1 is 1.26 bits per heavy atom. The van der Waals surface area contributed by atoms with Crippen LogP contribution in [0.25, 0.3) is 10.9 Å². The Morgan fingerprint density at radius 3 is 2.52 bits per heavy atom. The van der Waals surface area contributed by atoms with E-state index < -0.39 is 17.2 Å². The number of halogens is 1. The van der Waals surface area contributed by atoms with Crippen LogP contribution in [0.5, 0.6) is 0 Å². The van der Waals surface area contributed by atoms with E-state index in [1.54, 1.807) is 13.1 Å². The van der Waals surface area contributed by atoms with Gasteiger partial charge in [-0.2, -0.15) is 0 Å². The smallest absolute Gasteiger partial charge is 0.341 e. The van der Waals surface area contributed by atoms with Gasteiger partial charge in [-0.25, -0.2) is 9.18 Å². The molecule has 0 saturated carbocycles. The maximum absolute atomic E-state index is 15.1. The molecule has 3 heterocycles. The van der Waals surface area contributed by atoms with Crippen molar-refractivity contribution < 1.29 is 14.3 Å². The van der Waals surface area contributed by atoms with Crippen molar-refractivity contribution in [2.24, 2.45) is 0 Å². The number of aromatic carboxylic acids is 1. The van der Waals surface area contributed by atoms with Gasteiger partial charge in [0.25, 0.3) is 0 Å². The maximum atomic E-state index is 15.1. The molecule has 2 saturated heterocycles. The van der Waals surface area contributed by atoms with Crippen LogP contribution >= 0.6 is 0 Å². The highest BCUT2D eigenvalue weighted by molar-refractivity contribution is 5.93. The number of anilines is 1. The van der Waals surface area contributed by atoms with Crippen LogP contribution in [0.15, 0.2) is 23.1 Å². The van der Waals surface area contributed by atoms with Crippen LogP contribution in [0.2, 0.25) is 0 Å². The molecule has 4 rings (SSSR count). The number of nitrogens with zero attached hydrogens (tertiary/aromatic N) is 3. The van der Waals surface area contributed by atoms with Gasteiger partial charge in [0, 0.05) is 38.4 Å². The van der Waals surface area contributed by atoms with Crippen molar-refractivity contribution >= 4 is 22.6 Å². The lowest BCUT2D eigenvalue weighted by Gasteiger charge is -2.50. The lowest BCUT2D eigenvalue weighted by atomic mass is 9.90. The number of carboxylic acid groups (broad SMARTS) is 1. The highest BCUT2D eigenvalue weighted by atomic mass is 19.1. The minimum atomic E-state index is -1.33. The van der Waals surface area contributed by atoms with Gasteiger partial charge < -0.3 is 20.3 Å². The van der Waals surface area contributed by atoms with Gasteiger partial charge in [0.1, 0.15) is 11.4 Å². The van der Waals surface area contributed by atoms with E-state index in [2.05, 4.69) is 22.3 Å². The zero-order chi connectivity index (χ0) is 19.3. The normalized spacial score (nSPS) is 22.9. The fourth-order valence-corrected chi connectivity index (χ4v) is 4.58. The highest BCUT2D eigenvalue weighted by Gasteiger charge is 2.37. The number of likely N-dealkylation sites (N-methyl/N-ethyl adjacent to an activating group) is 1. The van der Waals surface area contributed by atoms with Gasteiger partial charge in [-0.1, -0.05) is 0 Å². The number of hydrogen-bond acceptors (Lipinski definition) is 5. The Hall–Kier alpha value is -2.61. The molecular formula is C19H23FN4O3. The first-order valence-corrected chi connectivity index (χ1v) is 9.17. The van der Waals surface area contributed by atoms with Crippen molar-refractivity contribution in [1.29, 1.82) is 0 Å². The Labute approximate surface area is 156 Å². The Kier molecular flexibility index (Phi) is 4.30. The zero-order valence-corrected chi connectivity index (χ0v) is 15.4. The van der Waals surface area contributed by atoms with E-state index >= 15 is 4.39 Å². The van der Waals surface area contributed by atoms with Gasteiger partial charge in [-0.05, 0) is 38.4 Å². The number of likely N-dealkylation sites (tertiary alicyclic amines) is 1. The predicted octanol–water partition coefficient (Wildman–Crippen LogP) is 1.68. The Balaban J connectivity index is 1.91. The summed E-state index contributed by atoms with van der Waals surface area (Å²) in [5, 5.41) is 9.32. The molecule has 1 aromatic carbocycles. The first-order chi connectivity index (χ1) is 12.9. The van der Waals surface area contributed by atoms with Crippen molar-refractivity contribution in [3.8, 4) is 0 Å². The largest absolute Gasteiger partial charge is 0.477 e. The number of piperazine rings is 1. The molecule has 0 amide bonds. The lowest BCUT2D eigenvalue weighted by Crippen LogP contribution is -2.60. The molecular weight excluding hydrogens is 351 g/mol. The van der Waals surface area contributed by atoms with Gasteiger partial charge in [-0.15, -0.1) is 0 Å². The Morgan fingerprint density at radius 2 is 1.93 bits per heavy atom. The van der Waals surface area contributed by atoms with Crippen LogP contribution in [0, 0.1) is 5.82 Å². The van der Waals surface area contributed by atoms with Gasteiger partial charge in [0.15, 0.2) is 0 Å². The third-order valence-electron chi connectivity index (χ3n) is 5.73. The SMILES string of the molecule is CNn1cc(C(=O)O)c(=O)c2cc(F)c(N3C4CCCC3CN(C)C4)cc21. The molecule has 2 fully saturated rings. The van der Waals surface area contributed by atoms with Gasteiger partial charge >= 0.3 is 5.97 Å². The van der Waals surface area contributed by atoms with Crippen molar-refractivity contribution in [3.63, 3.8) is 0 Å². The molecule has 2 aliphatic heterocycles. The van der Waals surface area contributed by atoms with Crippen LogP contribution in [0.3, 0.4) is 0 Å². The molecule has 7 nitrogen and oxygen atoms in total. The number of nitrogens with one attached hydrogen (secondary N) is 1. The van der Waals surface area contributed by atoms with Gasteiger partial charge in [0.2, 0.25) is 5.43 Å². The second kappa shape index (κ2) is 6.53. The van der Waals surface area contributed by atoms with E-state index in [0.717, 1.165) is 32.4 Å². The number of hydrogen-bond donors (Lipinski definition) is 2. The third-order valence-corrected chi connectivity index (χ3v) is 5.73. The first-order valence-electron chi connectivity index (χ1n) is 9.17. The molecule has 2 atom stereocenters. The van der Waals surface area contributed by atoms with E-state index in [-0.39, 0.29) is 23.0 Å². The van der Waals surface area contributed by atoms with Crippen molar-refractivity contribution in [2.45, 2.75) is 31.3 Å². The molecule has 2 aliphatic rings. The van der Waals surface area contributed by atoms with Crippen molar-refractivity contribution in [2.75, 3.05) is 37.5 Å². The number of benzene rings is 1. The second-order valence-electron chi connectivity index (χ2n) is 7.46. The monoisotopic (exact) mass is 374 g/mol. The van der Waals surface area contributed by atoms with E-state index in [1.807, 2.05) is 0 Å². The standard InChI is InChI=1S/C19H23FN4O3/c1-21-23-10-14(19(26)27)18(25)13-6-15(20)17(7-16(13)23)24-11-4-3-5-12(24)9-22(2)8-11/h6-7,10-12,21H,3-5,8-9H2,1-2H3,(H,26,27). The van der Waals surface area contributed by atoms with Gasteiger partial charge in [0.05, 0.1) is 16.6 Å². The third kappa shape index (κ3) is 2.84. The minimum absolute atomic E-state index is 0.0600. The molecule has 1 aromatic heterocycles. The molecule has 2 bridgehead atoms. The zero-order valence-electron chi connectivity index (χ0n) is 15.4. The highest BCUT2D eigenvalue weighted by Crippen LogP contribution is 2.36. The summed E-state index contributed by atoms with van der Waals surface area (Å²) in [6, 6.07) is 3.33. The fourth-order valence-electron chi connectivity index (χ4n) is 4.58. The number of pyridine rings is 1. The number of carbonyl (C=O) groups is 1. The van der Waals surface area contributed by atoms with Crippen LogP contribution in [0.1, 0.15) is 29.6 Å². The summed E-state index contributed by atoms with van der Waals surface area (Å²) >= 11 is 0. The average Bonchev–Trinajstić information content (AvgIpc) is 2.61. The number of carboxylic acids is 1. The number of rotatable bonds is 3. The summed E-state index contributed by atoms with van der Waals surface area (Å²) in [6.45, 7) is 1.76. The number of fused-ring (bicyclic) bond motifs is 3. The molecule has 144 valence electrons. The van der Waals surface area contributed by atoms with Crippen LogP contribution < -0.4 is 15.8 Å². The summed E-state index contributed by atoms with van der Waals surface area (Å²) in [6.07, 6.45) is 4.40. The summed E-state index contributed by atoms with van der Waals surface area (Å²) < 4.78 is 16.6.